The van der Waals surface area contributed by atoms with Crippen LogP contribution in [0.25, 0.3) is 0 Å². The van der Waals surface area contributed by atoms with Crippen LogP contribution in [0.3, 0.4) is 0 Å². The molecule has 2 aliphatic rings. The standard InChI is InChI=1S/C23H34NO7P/c1-23(2,3)30-22(27)24-13-17(25)15-32(28,14-16-9-5-4-6-10-16)31-21-19-12-8-7-11-18(19)20(26)29-21/h7-8,11-12,16-17,21,25H,4-6,9-10,13-15H2,1-3H3,(H,24,27)/t17-,21?,32?/m0/s1. The van der Waals surface area contributed by atoms with Gasteiger partial charge in [0.2, 0.25) is 13.7 Å². The molecule has 3 rings (SSSR count). The predicted molar refractivity (Wildman–Crippen MR) is 120 cm³/mol. The number of esters is 1. The first-order chi connectivity index (χ1) is 15.0. The fourth-order valence-corrected chi connectivity index (χ4v) is 6.94. The Morgan fingerprint density at radius 2 is 1.94 bits per heavy atom. The number of nitrogens with one attached hydrogen (secondary N) is 1. The Morgan fingerprint density at radius 3 is 2.62 bits per heavy atom. The van der Waals surface area contributed by atoms with Crippen molar-refractivity contribution in [1.29, 1.82) is 0 Å². The second-order valence-electron chi connectivity index (χ2n) is 9.65. The second kappa shape index (κ2) is 10.4. The molecule has 2 N–H and O–H groups in total. The van der Waals surface area contributed by atoms with Crippen LogP contribution in [0.5, 0.6) is 0 Å². The quantitative estimate of drug-likeness (QED) is 0.424. The zero-order valence-corrected chi connectivity index (χ0v) is 19.9. The average molecular weight is 467 g/mol. The monoisotopic (exact) mass is 467 g/mol. The number of carbonyl (C=O) groups is 2. The van der Waals surface area contributed by atoms with Gasteiger partial charge in [0.05, 0.1) is 17.8 Å². The summed E-state index contributed by atoms with van der Waals surface area (Å²) in [6, 6.07) is 6.86. The molecule has 1 aromatic carbocycles. The number of cyclic esters (lactones) is 1. The highest BCUT2D eigenvalue weighted by molar-refractivity contribution is 7.59. The minimum atomic E-state index is -3.40. The first kappa shape index (κ1) is 24.7. The Hall–Kier alpha value is -1.89. The molecule has 0 radical (unpaired) electrons. The predicted octanol–water partition coefficient (Wildman–Crippen LogP) is 4.62. The van der Waals surface area contributed by atoms with E-state index in [0.717, 1.165) is 32.1 Å². The smallest absolute Gasteiger partial charge is 0.407 e. The van der Waals surface area contributed by atoms with Crippen LogP contribution in [-0.2, 0) is 18.6 Å². The van der Waals surface area contributed by atoms with Crippen molar-refractivity contribution in [3.63, 3.8) is 0 Å². The van der Waals surface area contributed by atoms with Crippen LogP contribution in [0.1, 0.15) is 75.1 Å². The number of hydrogen-bond donors (Lipinski definition) is 2. The van der Waals surface area contributed by atoms with E-state index < -0.39 is 37.4 Å². The molecule has 3 atom stereocenters. The third-order valence-electron chi connectivity index (χ3n) is 5.57. The maximum Gasteiger partial charge on any atom is 0.407 e. The molecule has 1 amide bonds. The summed E-state index contributed by atoms with van der Waals surface area (Å²) in [6.45, 7) is 5.12. The summed E-state index contributed by atoms with van der Waals surface area (Å²) in [4.78, 5) is 24.1. The summed E-state index contributed by atoms with van der Waals surface area (Å²) in [5.74, 6) is -0.282. The lowest BCUT2D eigenvalue weighted by atomic mass is 9.91. The summed E-state index contributed by atoms with van der Waals surface area (Å²) >= 11 is 0. The molecule has 0 spiro atoms. The summed E-state index contributed by atoms with van der Waals surface area (Å²) in [7, 11) is -3.40. The molecule has 1 aliphatic carbocycles. The minimum Gasteiger partial charge on any atom is -0.444 e. The number of amides is 1. The molecule has 9 heteroatoms. The van der Waals surface area contributed by atoms with Crippen LogP contribution in [0, 0.1) is 5.92 Å². The Balaban J connectivity index is 1.68. The molecule has 8 nitrogen and oxygen atoms in total. The molecule has 0 saturated heterocycles. The van der Waals surface area contributed by atoms with E-state index in [1.165, 1.54) is 0 Å². The van der Waals surface area contributed by atoms with Gasteiger partial charge in [-0.25, -0.2) is 9.59 Å². The molecule has 2 unspecified atom stereocenters. The van der Waals surface area contributed by atoms with Gasteiger partial charge in [0.25, 0.3) is 0 Å². The molecule has 1 heterocycles. The van der Waals surface area contributed by atoms with Crippen molar-refractivity contribution in [2.45, 2.75) is 70.9 Å². The lowest BCUT2D eigenvalue weighted by Gasteiger charge is -2.29. The summed E-state index contributed by atoms with van der Waals surface area (Å²) in [5, 5.41) is 13.1. The van der Waals surface area contributed by atoms with E-state index in [1.807, 2.05) is 0 Å². The summed E-state index contributed by atoms with van der Waals surface area (Å²) in [5.41, 5.74) is 0.283. The van der Waals surface area contributed by atoms with Gasteiger partial charge in [-0.1, -0.05) is 37.5 Å². The normalized spacial score (nSPS) is 21.9. The van der Waals surface area contributed by atoms with Gasteiger partial charge in [-0.15, -0.1) is 0 Å². The fraction of sp³-hybridized carbons (Fsp3) is 0.652. The van der Waals surface area contributed by atoms with Crippen molar-refractivity contribution in [3.8, 4) is 0 Å². The van der Waals surface area contributed by atoms with Crippen LogP contribution >= 0.6 is 7.37 Å². The van der Waals surface area contributed by atoms with E-state index in [4.69, 9.17) is 14.0 Å². The number of rotatable bonds is 8. The molecule has 1 fully saturated rings. The number of carbonyl (C=O) groups excluding carboxylic acids is 2. The number of alkyl carbamates (subject to hydrolysis) is 1. The molecule has 32 heavy (non-hydrogen) atoms. The van der Waals surface area contributed by atoms with E-state index in [-0.39, 0.29) is 18.6 Å². The van der Waals surface area contributed by atoms with Gasteiger partial charge in [0.15, 0.2) is 0 Å². The molecule has 0 bridgehead atoms. The van der Waals surface area contributed by atoms with Crippen molar-refractivity contribution < 1.29 is 33.3 Å². The van der Waals surface area contributed by atoms with Crippen molar-refractivity contribution >= 4 is 19.4 Å². The molecule has 1 aliphatic heterocycles. The summed E-state index contributed by atoms with van der Waals surface area (Å²) < 4.78 is 30.4. The van der Waals surface area contributed by atoms with E-state index >= 15 is 0 Å². The van der Waals surface area contributed by atoms with Crippen LogP contribution in [0.2, 0.25) is 0 Å². The SMILES string of the molecule is CC(C)(C)OC(=O)NC[C@H](O)CP(=O)(CC1CCCCC1)OC1OC(=O)c2ccccc21. The largest absolute Gasteiger partial charge is 0.444 e. The van der Waals surface area contributed by atoms with Gasteiger partial charge in [-0.2, -0.15) is 0 Å². The zero-order chi connectivity index (χ0) is 23.4. The lowest BCUT2D eigenvalue weighted by molar-refractivity contribution is -0.0376. The van der Waals surface area contributed by atoms with Gasteiger partial charge >= 0.3 is 12.1 Å². The van der Waals surface area contributed by atoms with E-state index in [2.05, 4.69) is 5.32 Å². The number of hydrogen-bond acceptors (Lipinski definition) is 7. The molecule has 0 aromatic heterocycles. The van der Waals surface area contributed by atoms with Crippen molar-refractivity contribution in [2.24, 2.45) is 5.92 Å². The highest BCUT2D eigenvalue weighted by Crippen LogP contribution is 2.55. The highest BCUT2D eigenvalue weighted by atomic mass is 31.2. The maximum atomic E-state index is 13.9. The third-order valence-corrected chi connectivity index (χ3v) is 8.19. The Morgan fingerprint density at radius 1 is 1.25 bits per heavy atom. The van der Waals surface area contributed by atoms with Crippen molar-refractivity contribution in [3.05, 3.63) is 35.4 Å². The van der Waals surface area contributed by atoms with E-state index in [9.17, 15) is 19.3 Å². The molecular weight excluding hydrogens is 433 g/mol. The highest BCUT2D eigenvalue weighted by Gasteiger charge is 2.39. The maximum absolute atomic E-state index is 13.9. The van der Waals surface area contributed by atoms with Gasteiger partial charge in [-0.05, 0) is 45.6 Å². The van der Waals surface area contributed by atoms with Crippen molar-refractivity contribution in [1.82, 2.24) is 5.32 Å². The van der Waals surface area contributed by atoms with Gasteiger partial charge in [0.1, 0.15) is 5.60 Å². The Kier molecular flexibility index (Phi) is 8.01. The average Bonchev–Trinajstić information content (AvgIpc) is 3.01. The zero-order valence-electron chi connectivity index (χ0n) is 19.0. The van der Waals surface area contributed by atoms with Gasteiger partial charge in [-0.3, -0.25) is 9.09 Å². The van der Waals surface area contributed by atoms with E-state index in [0.29, 0.717) is 17.3 Å². The third kappa shape index (κ3) is 7.06. The van der Waals surface area contributed by atoms with Crippen molar-refractivity contribution in [2.75, 3.05) is 18.9 Å². The number of aliphatic hydroxyl groups excluding tert-OH is 1. The van der Waals surface area contributed by atoms with Crippen LogP contribution in [0.4, 0.5) is 4.79 Å². The number of aliphatic hydroxyl groups is 1. The molecule has 178 valence electrons. The van der Waals surface area contributed by atoms with Crippen LogP contribution < -0.4 is 5.32 Å². The molecule has 1 saturated carbocycles. The van der Waals surface area contributed by atoms with Gasteiger partial charge in [0, 0.05) is 18.3 Å². The molecule has 1 aromatic rings. The first-order valence-electron chi connectivity index (χ1n) is 11.3. The second-order valence-corrected chi connectivity index (χ2v) is 12.2. The van der Waals surface area contributed by atoms with Crippen LogP contribution in [-0.4, -0.2) is 47.7 Å². The fourth-order valence-electron chi connectivity index (χ4n) is 4.19. The van der Waals surface area contributed by atoms with E-state index in [1.54, 1.807) is 45.0 Å². The molecular formula is C23H34NO7P. The van der Waals surface area contributed by atoms with Crippen LogP contribution in [0.15, 0.2) is 24.3 Å². The Bertz CT molecular complexity index is 860. The Labute approximate surface area is 189 Å². The topological polar surface area (TPSA) is 111 Å². The first-order valence-corrected chi connectivity index (χ1v) is 13.3. The van der Waals surface area contributed by atoms with Gasteiger partial charge < -0.3 is 19.9 Å². The number of benzene rings is 1. The number of ether oxygens (including phenoxy) is 2. The summed E-state index contributed by atoms with van der Waals surface area (Å²) in [6.07, 6.45) is 2.60. The lowest BCUT2D eigenvalue weighted by Crippen LogP contribution is -2.38. The number of fused-ring (bicyclic) bond motifs is 1. The minimum absolute atomic E-state index is 0.117.